The quantitative estimate of drug-likeness (QED) is 0.645. The van der Waals surface area contributed by atoms with Crippen molar-refractivity contribution in [1.29, 1.82) is 0 Å². The summed E-state index contributed by atoms with van der Waals surface area (Å²) in [4.78, 5) is 5.96. The van der Waals surface area contributed by atoms with E-state index in [-0.39, 0.29) is 5.75 Å². The number of sulfonamides is 1. The topological polar surface area (TPSA) is 91.3 Å². The van der Waals surface area contributed by atoms with E-state index in [9.17, 15) is 12.8 Å². The molecule has 2 aromatic heterocycles. The molecule has 1 fully saturated rings. The molecular formula is C20H21FN6O2S. The lowest BCUT2D eigenvalue weighted by Gasteiger charge is -2.34. The van der Waals surface area contributed by atoms with Crippen LogP contribution in [-0.4, -0.2) is 54.1 Å². The van der Waals surface area contributed by atoms with Crippen LogP contribution in [0, 0.1) is 5.82 Å². The predicted molar refractivity (Wildman–Crippen MR) is 112 cm³/mol. The molecule has 10 heteroatoms. The van der Waals surface area contributed by atoms with Crippen molar-refractivity contribution >= 4 is 27.3 Å². The number of pyridine rings is 1. The summed E-state index contributed by atoms with van der Waals surface area (Å²) in [6.45, 7) is 1.70. The highest BCUT2D eigenvalue weighted by atomic mass is 32.2. The van der Waals surface area contributed by atoms with Crippen LogP contribution >= 0.6 is 0 Å². The van der Waals surface area contributed by atoms with Gasteiger partial charge in [0.05, 0.1) is 5.75 Å². The van der Waals surface area contributed by atoms with Crippen LogP contribution in [0.1, 0.15) is 5.56 Å². The van der Waals surface area contributed by atoms with Gasteiger partial charge in [0, 0.05) is 44.3 Å². The van der Waals surface area contributed by atoms with Gasteiger partial charge in [-0.05, 0) is 42.0 Å². The maximum absolute atomic E-state index is 13.3. The van der Waals surface area contributed by atoms with Crippen LogP contribution in [-0.2, 0) is 15.8 Å². The number of anilines is 3. The molecule has 4 rings (SSSR count). The summed E-state index contributed by atoms with van der Waals surface area (Å²) in [5.74, 6) is 0.659. The van der Waals surface area contributed by atoms with Crippen molar-refractivity contribution in [2.24, 2.45) is 0 Å². The minimum Gasteiger partial charge on any atom is -0.352 e. The zero-order valence-corrected chi connectivity index (χ0v) is 17.0. The third-order valence-electron chi connectivity index (χ3n) is 4.80. The molecular weight excluding hydrogens is 407 g/mol. The van der Waals surface area contributed by atoms with Crippen LogP contribution in [0.4, 0.5) is 21.7 Å². The minimum atomic E-state index is -3.51. The van der Waals surface area contributed by atoms with Gasteiger partial charge in [0.2, 0.25) is 10.0 Å². The summed E-state index contributed by atoms with van der Waals surface area (Å²) in [5, 5.41) is 11.6. The zero-order chi connectivity index (χ0) is 21.0. The minimum absolute atomic E-state index is 0.208. The Kier molecular flexibility index (Phi) is 5.86. The second-order valence-electron chi connectivity index (χ2n) is 6.91. The Bertz CT molecular complexity index is 1090. The molecule has 8 nitrogen and oxygen atoms in total. The van der Waals surface area contributed by atoms with Gasteiger partial charge in [-0.1, -0.05) is 12.1 Å². The summed E-state index contributed by atoms with van der Waals surface area (Å²) >= 11 is 0. The summed E-state index contributed by atoms with van der Waals surface area (Å²) in [6, 6.07) is 13.0. The summed E-state index contributed by atoms with van der Waals surface area (Å²) in [6.07, 6.45) is 3.37. The Morgan fingerprint density at radius 1 is 0.967 bits per heavy atom. The summed E-state index contributed by atoms with van der Waals surface area (Å²) in [5.41, 5.74) is 1.31. The number of nitrogens with zero attached hydrogens (tertiary/aromatic N) is 5. The van der Waals surface area contributed by atoms with Crippen molar-refractivity contribution < 1.29 is 12.8 Å². The number of rotatable bonds is 6. The lowest BCUT2D eigenvalue weighted by Crippen LogP contribution is -2.49. The molecule has 3 aromatic rings. The highest BCUT2D eigenvalue weighted by molar-refractivity contribution is 7.88. The third kappa shape index (κ3) is 4.89. The molecule has 0 saturated carbocycles. The molecule has 0 atom stereocenters. The van der Waals surface area contributed by atoms with Gasteiger partial charge in [-0.15, -0.1) is 10.2 Å². The van der Waals surface area contributed by atoms with Crippen molar-refractivity contribution in [3.63, 3.8) is 0 Å². The maximum atomic E-state index is 13.3. The van der Waals surface area contributed by atoms with Gasteiger partial charge in [-0.3, -0.25) is 4.98 Å². The first-order valence-electron chi connectivity index (χ1n) is 9.48. The molecule has 1 aliphatic rings. The van der Waals surface area contributed by atoms with Gasteiger partial charge in [0.15, 0.2) is 11.6 Å². The number of halogens is 1. The molecule has 1 saturated heterocycles. The van der Waals surface area contributed by atoms with E-state index in [1.165, 1.54) is 22.5 Å². The van der Waals surface area contributed by atoms with Crippen molar-refractivity contribution in [2.45, 2.75) is 5.75 Å². The highest BCUT2D eigenvalue weighted by Crippen LogP contribution is 2.19. The van der Waals surface area contributed by atoms with Gasteiger partial charge in [-0.2, -0.15) is 4.31 Å². The zero-order valence-electron chi connectivity index (χ0n) is 16.1. The Balaban J connectivity index is 1.35. The van der Waals surface area contributed by atoms with E-state index in [4.69, 9.17) is 0 Å². The predicted octanol–water partition coefficient (Wildman–Crippen LogP) is 2.41. The van der Waals surface area contributed by atoms with Crippen LogP contribution < -0.4 is 10.2 Å². The van der Waals surface area contributed by atoms with Crippen molar-refractivity contribution in [3.05, 3.63) is 72.3 Å². The Labute approximate surface area is 174 Å². The molecule has 30 heavy (non-hydrogen) atoms. The summed E-state index contributed by atoms with van der Waals surface area (Å²) < 4.78 is 40.1. The van der Waals surface area contributed by atoms with E-state index in [0.717, 1.165) is 5.69 Å². The van der Waals surface area contributed by atoms with Crippen LogP contribution in [0.2, 0.25) is 0 Å². The molecule has 1 aliphatic heterocycles. The first-order chi connectivity index (χ1) is 14.5. The Hall–Kier alpha value is -3.11. The number of nitrogens with one attached hydrogen (secondary N) is 1. The number of piperazine rings is 1. The van der Waals surface area contributed by atoms with Crippen LogP contribution in [0.5, 0.6) is 0 Å². The molecule has 0 spiro atoms. The van der Waals surface area contributed by atoms with Gasteiger partial charge >= 0.3 is 0 Å². The second-order valence-corrected chi connectivity index (χ2v) is 8.88. The van der Waals surface area contributed by atoms with Crippen molar-refractivity contribution in [1.82, 2.24) is 19.5 Å². The fourth-order valence-corrected chi connectivity index (χ4v) is 4.77. The first-order valence-corrected chi connectivity index (χ1v) is 11.1. The fourth-order valence-electron chi connectivity index (χ4n) is 3.27. The number of benzene rings is 1. The lowest BCUT2D eigenvalue weighted by molar-refractivity contribution is 0.383. The molecule has 0 radical (unpaired) electrons. The van der Waals surface area contributed by atoms with Gasteiger partial charge in [0.25, 0.3) is 0 Å². The standard InChI is InChI=1S/C20H21FN6O2S/c21-17-3-1-2-16(14-17)15-30(28,29)27-12-10-26(11-13-27)20-5-4-19(24-25-20)23-18-6-8-22-9-7-18/h1-9,14H,10-13,15H2,(H,22,23,24). The van der Waals surface area contributed by atoms with Crippen molar-refractivity contribution in [2.75, 3.05) is 36.4 Å². The molecule has 3 heterocycles. The average molecular weight is 428 g/mol. The number of hydrogen-bond acceptors (Lipinski definition) is 7. The van der Waals surface area contributed by atoms with E-state index in [0.29, 0.717) is 43.4 Å². The third-order valence-corrected chi connectivity index (χ3v) is 6.65. The first kappa shape index (κ1) is 20.2. The second kappa shape index (κ2) is 8.72. The van der Waals surface area contributed by atoms with E-state index < -0.39 is 15.8 Å². The van der Waals surface area contributed by atoms with Crippen molar-refractivity contribution in [3.8, 4) is 0 Å². The molecule has 1 aromatic carbocycles. The monoisotopic (exact) mass is 428 g/mol. The molecule has 0 amide bonds. The molecule has 0 aliphatic carbocycles. The van der Waals surface area contributed by atoms with Gasteiger partial charge in [-0.25, -0.2) is 12.8 Å². The van der Waals surface area contributed by atoms with E-state index in [2.05, 4.69) is 20.5 Å². The Morgan fingerprint density at radius 3 is 2.40 bits per heavy atom. The van der Waals surface area contributed by atoms with Crippen LogP contribution in [0.3, 0.4) is 0 Å². The van der Waals surface area contributed by atoms with E-state index in [1.54, 1.807) is 18.5 Å². The normalized spacial score (nSPS) is 15.2. The van der Waals surface area contributed by atoms with Crippen LogP contribution in [0.15, 0.2) is 60.9 Å². The Morgan fingerprint density at radius 2 is 1.73 bits per heavy atom. The smallest absolute Gasteiger partial charge is 0.218 e. The molecule has 0 bridgehead atoms. The average Bonchev–Trinajstić information content (AvgIpc) is 2.75. The van der Waals surface area contributed by atoms with Gasteiger partial charge < -0.3 is 10.2 Å². The lowest BCUT2D eigenvalue weighted by atomic mass is 10.2. The fraction of sp³-hybridized carbons (Fsp3) is 0.250. The molecule has 156 valence electrons. The molecule has 0 unspecified atom stereocenters. The number of hydrogen-bond donors (Lipinski definition) is 1. The molecule has 1 N–H and O–H groups in total. The SMILES string of the molecule is O=S(=O)(Cc1cccc(F)c1)N1CCN(c2ccc(Nc3ccncc3)nn2)CC1. The number of aromatic nitrogens is 3. The summed E-state index contributed by atoms with van der Waals surface area (Å²) in [7, 11) is -3.51. The van der Waals surface area contributed by atoms with Gasteiger partial charge in [0.1, 0.15) is 5.82 Å². The van der Waals surface area contributed by atoms with Crippen LogP contribution in [0.25, 0.3) is 0 Å². The largest absolute Gasteiger partial charge is 0.352 e. The van der Waals surface area contributed by atoms with E-state index >= 15 is 0 Å². The maximum Gasteiger partial charge on any atom is 0.218 e. The highest BCUT2D eigenvalue weighted by Gasteiger charge is 2.27. The van der Waals surface area contributed by atoms with E-state index in [1.807, 2.05) is 29.2 Å².